The maximum atomic E-state index is 2.55. The number of para-hydroxylation sites is 1. The average Bonchev–Trinajstić information content (AvgIpc) is 3.91. The van der Waals surface area contributed by atoms with E-state index in [2.05, 4.69) is 195 Å². The van der Waals surface area contributed by atoms with E-state index in [1.54, 1.807) is 0 Å². The number of anilines is 3. The monoisotopic (exact) mass is 705 g/mol. The molecule has 55 heavy (non-hydrogen) atoms. The fraction of sp³-hybridized carbons (Fsp3) is 0.148. The Bertz CT molecular complexity index is 2790. The van der Waals surface area contributed by atoms with Crippen LogP contribution in [0.2, 0.25) is 0 Å². The summed E-state index contributed by atoms with van der Waals surface area (Å²) in [6, 6.07) is 66.1. The number of rotatable bonds is 5. The van der Waals surface area contributed by atoms with E-state index in [-0.39, 0.29) is 10.8 Å². The molecule has 0 N–H and O–H groups in total. The number of benzene rings is 8. The third-order valence-electron chi connectivity index (χ3n) is 13.2. The summed E-state index contributed by atoms with van der Waals surface area (Å²) in [5.74, 6) is 0. The Hall–Kier alpha value is -6.18. The van der Waals surface area contributed by atoms with Crippen molar-refractivity contribution in [3.8, 4) is 44.5 Å². The van der Waals surface area contributed by atoms with Crippen LogP contribution in [-0.4, -0.2) is 0 Å². The van der Waals surface area contributed by atoms with Crippen LogP contribution in [0.1, 0.15) is 61.8 Å². The number of fused-ring (bicyclic) bond motifs is 9. The maximum Gasteiger partial charge on any atom is 0.0540 e. The molecule has 0 radical (unpaired) electrons. The highest BCUT2D eigenvalue weighted by atomic mass is 15.1. The van der Waals surface area contributed by atoms with Gasteiger partial charge in [-0.3, -0.25) is 0 Å². The van der Waals surface area contributed by atoms with Crippen LogP contribution in [0.25, 0.3) is 55.3 Å². The molecule has 11 rings (SSSR count). The molecule has 1 fully saturated rings. The van der Waals surface area contributed by atoms with Crippen molar-refractivity contribution in [3.05, 3.63) is 198 Å². The van der Waals surface area contributed by atoms with Gasteiger partial charge < -0.3 is 4.90 Å². The van der Waals surface area contributed by atoms with Crippen LogP contribution in [0.5, 0.6) is 0 Å². The van der Waals surface area contributed by atoms with Gasteiger partial charge in [0.25, 0.3) is 0 Å². The highest BCUT2D eigenvalue weighted by Crippen LogP contribution is 2.59. The van der Waals surface area contributed by atoms with Gasteiger partial charge in [-0.1, -0.05) is 172 Å². The van der Waals surface area contributed by atoms with Gasteiger partial charge in [-0.25, -0.2) is 0 Å². The first kappa shape index (κ1) is 32.3. The van der Waals surface area contributed by atoms with E-state index in [1.807, 2.05) is 0 Å². The lowest BCUT2D eigenvalue weighted by Gasteiger charge is -2.32. The molecule has 0 amide bonds. The Labute approximate surface area is 324 Å². The van der Waals surface area contributed by atoms with E-state index in [9.17, 15) is 0 Å². The highest BCUT2D eigenvalue weighted by Gasteiger charge is 2.45. The van der Waals surface area contributed by atoms with Gasteiger partial charge in [0.2, 0.25) is 0 Å². The number of nitrogens with zero attached hydrogens (tertiary/aromatic N) is 1. The largest absolute Gasteiger partial charge is 0.310 e. The summed E-state index contributed by atoms with van der Waals surface area (Å²) in [5.41, 5.74) is 19.9. The molecule has 1 saturated carbocycles. The normalized spacial score (nSPS) is 15.5. The van der Waals surface area contributed by atoms with Crippen LogP contribution in [0.3, 0.4) is 0 Å². The summed E-state index contributed by atoms with van der Waals surface area (Å²) in [6.07, 6.45) is 4.97. The van der Waals surface area contributed by atoms with Crippen molar-refractivity contribution in [1.82, 2.24) is 0 Å². The lowest BCUT2D eigenvalue weighted by Crippen LogP contribution is -2.21. The molecule has 0 atom stereocenters. The SMILES string of the molecule is CC1(C)c2ccccc2-c2cccc(-c3ccccc3N(c3ccc(-c4cccc5ccccc45)cc3)c3ccc4c(c3)C3(CCCC3)c3ccccc3-4)c21. The first-order valence-corrected chi connectivity index (χ1v) is 20.0. The average molecular weight is 706 g/mol. The van der Waals surface area contributed by atoms with E-state index >= 15 is 0 Å². The van der Waals surface area contributed by atoms with Crippen LogP contribution in [0.15, 0.2) is 176 Å². The molecule has 0 aliphatic heterocycles. The Kier molecular flexibility index (Phi) is 7.14. The summed E-state index contributed by atoms with van der Waals surface area (Å²) in [6.45, 7) is 4.79. The van der Waals surface area contributed by atoms with Crippen molar-refractivity contribution in [3.63, 3.8) is 0 Å². The molecular formula is C54H43N. The molecule has 264 valence electrons. The van der Waals surface area contributed by atoms with E-state index in [0.717, 1.165) is 5.69 Å². The minimum absolute atomic E-state index is 0.0847. The predicted molar refractivity (Wildman–Crippen MR) is 232 cm³/mol. The molecular weight excluding hydrogens is 663 g/mol. The van der Waals surface area contributed by atoms with Crippen LogP contribution in [-0.2, 0) is 10.8 Å². The summed E-state index contributed by atoms with van der Waals surface area (Å²) >= 11 is 0. The Morgan fingerprint density at radius 1 is 0.418 bits per heavy atom. The molecule has 8 aromatic rings. The van der Waals surface area contributed by atoms with Crippen LogP contribution in [0, 0.1) is 0 Å². The highest BCUT2D eigenvalue weighted by molar-refractivity contribution is 5.98. The number of hydrogen-bond acceptors (Lipinski definition) is 1. The zero-order valence-electron chi connectivity index (χ0n) is 31.5. The third kappa shape index (κ3) is 4.72. The predicted octanol–water partition coefficient (Wildman–Crippen LogP) is 14.8. The smallest absolute Gasteiger partial charge is 0.0540 e. The molecule has 1 spiro atoms. The first-order chi connectivity index (χ1) is 27.0. The topological polar surface area (TPSA) is 3.24 Å². The maximum absolute atomic E-state index is 2.55. The first-order valence-electron chi connectivity index (χ1n) is 20.0. The van der Waals surface area contributed by atoms with Crippen molar-refractivity contribution in [2.75, 3.05) is 4.90 Å². The second-order valence-corrected chi connectivity index (χ2v) is 16.4. The quantitative estimate of drug-likeness (QED) is 0.172. The van der Waals surface area contributed by atoms with Gasteiger partial charge in [0, 0.05) is 27.8 Å². The molecule has 0 unspecified atom stereocenters. The van der Waals surface area contributed by atoms with E-state index in [0.29, 0.717) is 0 Å². The summed E-state index contributed by atoms with van der Waals surface area (Å²) in [7, 11) is 0. The lowest BCUT2D eigenvalue weighted by atomic mass is 9.76. The van der Waals surface area contributed by atoms with Crippen molar-refractivity contribution in [1.29, 1.82) is 0 Å². The molecule has 0 saturated heterocycles. The van der Waals surface area contributed by atoms with Gasteiger partial charge >= 0.3 is 0 Å². The van der Waals surface area contributed by atoms with Gasteiger partial charge in [0.05, 0.1) is 5.69 Å². The summed E-state index contributed by atoms with van der Waals surface area (Å²) < 4.78 is 0. The summed E-state index contributed by atoms with van der Waals surface area (Å²) in [4.78, 5) is 2.53. The Balaban J connectivity index is 1.12. The summed E-state index contributed by atoms with van der Waals surface area (Å²) in [5, 5.41) is 2.54. The Morgan fingerprint density at radius 2 is 0.964 bits per heavy atom. The zero-order chi connectivity index (χ0) is 36.7. The minimum atomic E-state index is -0.130. The van der Waals surface area contributed by atoms with E-state index in [1.165, 1.54) is 115 Å². The fourth-order valence-corrected chi connectivity index (χ4v) is 10.8. The van der Waals surface area contributed by atoms with Gasteiger partial charge in [-0.15, -0.1) is 0 Å². The van der Waals surface area contributed by atoms with E-state index < -0.39 is 0 Å². The minimum Gasteiger partial charge on any atom is -0.310 e. The lowest BCUT2D eigenvalue weighted by molar-refractivity contribution is 0.550. The second kappa shape index (κ2) is 12.2. The van der Waals surface area contributed by atoms with Crippen LogP contribution < -0.4 is 4.90 Å². The van der Waals surface area contributed by atoms with Crippen molar-refractivity contribution < 1.29 is 0 Å². The molecule has 0 heterocycles. The van der Waals surface area contributed by atoms with Crippen molar-refractivity contribution >= 4 is 27.8 Å². The second-order valence-electron chi connectivity index (χ2n) is 16.4. The molecule has 8 aromatic carbocycles. The molecule has 0 bridgehead atoms. The van der Waals surface area contributed by atoms with Gasteiger partial charge in [0.15, 0.2) is 0 Å². The third-order valence-corrected chi connectivity index (χ3v) is 13.2. The Morgan fingerprint density at radius 3 is 1.76 bits per heavy atom. The van der Waals surface area contributed by atoms with Crippen molar-refractivity contribution in [2.45, 2.75) is 50.4 Å². The van der Waals surface area contributed by atoms with Crippen molar-refractivity contribution in [2.24, 2.45) is 0 Å². The number of hydrogen-bond donors (Lipinski definition) is 0. The molecule has 1 nitrogen and oxygen atoms in total. The fourth-order valence-electron chi connectivity index (χ4n) is 10.8. The molecule has 1 heteroatoms. The van der Waals surface area contributed by atoms with E-state index in [4.69, 9.17) is 0 Å². The molecule has 3 aliphatic rings. The zero-order valence-corrected chi connectivity index (χ0v) is 31.5. The standard InChI is InChI=1S/C54H43N/c1-53(2)48-24-8-5-19-43(48)46-22-14-23-47(52(46)53)45-20-7-10-26-51(45)55(38-29-27-37(28-30-38)41-21-13-16-36-15-3-4-17-40(36)41)39-31-32-44-42-18-6-9-25-49(42)54(50(44)35-39)33-11-12-34-54/h3-10,13-32,35H,11-12,33-34H2,1-2H3. The molecule has 0 aromatic heterocycles. The molecule has 3 aliphatic carbocycles. The van der Waals surface area contributed by atoms with Crippen LogP contribution >= 0.6 is 0 Å². The van der Waals surface area contributed by atoms with Gasteiger partial charge in [-0.05, 0) is 115 Å². The van der Waals surface area contributed by atoms with Gasteiger partial charge in [0.1, 0.15) is 0 Å². The van der Waals surface area contributed by atoms with Gasteiger partial charge in [-0.2, -0.15) is 0 Å². The van der Waals surface area contributed by atoms with Crippen LogP contribution in [0.4, 0.5) is 17.1 Å².